The number of carbonyl (C=O) groups is 1. The summed E-state index contributed by atoms with van der Waals surface area (Å²) in [4.78, 5) is 15.0. The maximum atomic E-state index is 13.4. The summed E-state index contributed by atoms with van der Waals surface area (Å²) in [6, 6.07) is 14.0. The number of amides is 2. The number of morpholine rings is 1. The number of fused-ring (bicyclic) bond motifs is 1. The monoisotopic (exact) mass is 538 g/mol. The van der Waals surface area contributed by atoms with Gasteiger partial charge in [-0.1, -0.05) is 42.3 Å². The van der Waals surface area contributed by atoms with Gasteiger partial charge in [-0.15, -0.1) is 0 Å². The van der Waals surface area contributed by atoms with Crippen LogP contribution in [0.2, 0.25) is 5.02 Å². The Morgan fingerprint density at radius 2 is 1.92 bits per heavy atom. The van der Waals surface area contributed by atoms with Crippen molar-refractivity contribution in [2.24, 2.45) is 17.3 Å². The summed E-state index contributed by atoms with van der Waals surface area (Å²) in [5, 5.41) is 15.7. The molecule has 1 saturated heterocycles. The number of nitrogens with zero attached hydrogens (tertiary/aromatic N) is 1. The van der Waals surface area contributed by atoms with E-state index in [-0.39, 0.29) is 35.3 Å². The third-order valence-electron chi connectivity index (χ3n) is 8.68. The van der Waals surface area contributed by atoms with Gasteiger partial charge in [0.1, 0.15) is 5.82 Å². The van der Waals surface area contributed by atoms with Crippen LogP contribution in [0.25, 0.3) is 0 Å². The van der Waals surface area contributed by atoms with E-state index in [1.165, 1.54) is 17.7 Å². The molecule has 2 aliphatic carbocycles. The standard InChI is InChI=1S/C30H36ClFN4O2/c1-30-18-21(19-33)28(34-26-10-8-25(32)9-11-26)17-23(30)5-4-22(30)16-27(20-2-6-24(31)7-3-20)35-29(37)36-12-14-38-15-13-36/h2-3,6-11,17,19,21-22,27-28,33-34H,4-5,12-16,18H2,1H3,(H,35,37). The number of rotatable bonds is 7. The minimum atomic E-state index is -0.261. The first-order valence-electron chi connectivity index (χ1n) is 13.5. The Hall–Kier alpha value is -2.90. The van der Waals surface area contributed by atoms with Crippen molar-refractivity contribution < 1.29 is 13.9 Å². The second kappa shape index (κ2) is 11.5. The molecule has 2 aromatic carbocycles. The van der Waals surface area contributed by atoms with E-state index in [1.54, 1.807) is 18.3 Å². The molecule has 1 aliphatic heterocycles. The van der Waals surface area contributed by atoms with Gasteiger partial charge in [0.2, 0.25) is 0 Å². The van der Waals surface area contributed by atoms with Crippen LogP contribution in [0.1, 0.15) is 44.2 Å². The van der Waals surface area contributed by atoms with Crippen molar-refractivity contribution in [1.82, 2.24) is 10.2 Å². The molecule has 0 radical (unpaired) electrons. The van der Waals surface area contributed by atoms with Gasteiger partial charge in [-0.05, 0) is 79.0 Å². The van der Waals surface area contributed by atoms with Crippen molar-refractivity contribution in [3.05, 3.63) is 76.6 Å². The van der Waals surface area contributed by atoms with Crippen molar-refractivity contribution in [3.63, 3.8) is 0 Å². The predicted octanol–water partition coefficient (Wildman–Crippen LogP) is 6.44. The fraction of sp³-hybridized carbons (Fsp3) is 0.467. The molecule has 5 rings (SSSR count). The molecule has 3 aliphatic rings. The van der Waals surface area contributed by atoms with Crippen molar-refractivity contribution >= 4 is 29.5 Å². The third-order valence-corrected chi connectivity index (χ3v) is 8.93. The fourth-order valence-electron chi connectivity index (χ4n) is 6.42. The number of benzene rings is 2. The summed E-state index contributed by atoms with van der Waals surface area (Å²) in [7, 11) is 0. The number of halogens is 2. The third kappa shape index (κ3) is 5.74. The average Bonchev–Trinajstić information content (AvgIpc) is 3.24. The second-order valence-corrected chi connectivity index (χ2v) is 11.4. The zero-order valence-electron chi connectivity index (χ0n) is 21.8. The van der Waals surface area contributed by atoms with E-state index in [1.807, 2.05) is 29.2 Å². The molecular formula is C30H36ClFN4O2. The largest absolute Gasteiger partial charge is 0.378 e. The highest BCUT2D eigenvalue weighted by molar-refractivity contribution is 6.30. The molecule has 1 saturated carbocycles. The molecule has 5 unspecified atom stereocenters. The summed E-state index contributed by atoms with van der Waals surface area (Å²) in [6.45, 7) is 4.63. The van der Waals surface area contributed by atoms with Gasteiger partial charge in [0.25, 0.3) is 0 Å². The van der Waals surface area contributed by atoms with E-state index in [4.69, 9.17) is 21.7 Å². The molecule has 0 bridgehead atoms. The molecule has 38 heavy (non-hydrogen) atoms. The number of carbonyl (C=O) groups excluding carboxylic acids is 1. The van der Waals surface area contributed by atoms with Crippen LogP contribution in [0.15, 0.2) is 60.2 Å². The highest BCUT2D eigenvalue weighted by atomic mass is 35.5. The molecular weight excluding hydrogens is 503 g/mol. The lowest BCUT2D eigenvalue weighted by Gasteiger charge is -2.43. The van der Waals surface area contributed by atoms with Gasteiger partial charge in [-0.25, -0.2) is 9.18 Å². The van der Waals surface area contributed by atoms with Gasteiger partial charge in [-0.3, -0.25) is 0 Å². The Morgan fingerprint density at radius 3 is 2.61 bits per heavy atom. The van der Waals surface area contributed by atoms with E-state index in [2.05, 4.69) is 23.6 Å². The van der Waals surface area contributed by atoms with Crippen LogP contribution in [-0.4, -0.2) is 49.5 Å². The normalized spacial score (nSPS) is 27.7. The molecule has 0 spiro atoms. The molecule has 202 valence electrons. The summed E-state index contributed by atoms with van der Waals surface area (Å²) in [5.74, 6) is 0.114. The zero-order valence-corrected chi connectivity index (χ0v) is 22.5. The van der Waals surface area contributed by atoms with Crippen molar-refractivity contribution in [3.8, 4) is 0 Å². The summed E-state index contributed by atoms with van der Waals surface area (Å²) < 4.78 is 18.8. The Kier molecular flexibility index (Phi) is 8.05. The first kappa shape index (κ1) is 26.7. The molecule has 2 amide bonds. The lowest BCUT2D eigenvalue weighted by atomic mass is 9.64. The highest BCUT2D eigenvalue weighted by Gasteiger charge is 2.48. The maximum absolute atomic E-state index is 13.4. The van der Waals surface area contributed by atoms with Gasteiger partial charge in [-0.2, -0.15) is 0 Å². The zero-order chi connectivity index (χ0) is 26.7. The molecule has 3 N–H and O–H groups in total. The van der Waals surface area contributed by atoms with Crippen molar-refractivity contribution in [1.29, 1.82) is 5.41 Å². The lowest BCUT2D eigenvalue weighted by Crippen LogP contribution is -2.47. The van der Waals surface area contributed by atoms with E-state index in [0.29, 0.717) is 37.2 Å². The van der Waals surface area contributed by atoms with Crippen LogP contribution in [0.3, 0.4) is 0 Å². The summed E-state index contributed by atoms with van der Waals surface area (Å²) >= 11 is 6.18. The van der Waals surface area contributed by atoms with E-state index in [0.717, 1.165) is 36.9 Å². The maximum Gasteiger partial charge on any atom is 0.318 e. The molecule has 2 fully saturated rings. The lowest BCUT2D eigenvalue weighted by molar-refractivity contribution is 0.0520. The Labute approximate surface area is 229 Å². The molecule has 6 nitrogen and oxygen atoms in total. The van der Waals surface area contributed by atoms with Crippen LogP contribution >= 0.6 is 11.6 Å². The second-order valence-electron chi connectivity index (χ2n) is 10.9. The SMILES string of the molecule is CC12CC(C=N)C(Nc3ccc(F)cc3)C=C1CCC2CC(NC(=O)N1CCOCC1)c1ccc(Cl)cc1. The minimum absolute atomic E-state index is 0.00660. The highest BCUT2D eigenvalue weighted by Crippen LogP contribution is 2.56. The number of hydrogen-bond donors (Lipinski definition) is 3. The smallest absolute Gasteiger partial charge is 0.318 e. The number of urea groups is 1. The van der Waals surface area contributed by atoms with Gasteiger partial charge in [0.15, 0.2) is 0 Å². The van der Waals surface area contributed by atoms with Crippen LogP contribution in [0, 0.1) is 28.5 Å². The van der Waals surface area contributed by atoms with Crippen LogP contribution in [-0.2, 0) is 4.74 Å². The Morgan fingerprint density at radius 1 is 1.21 bits per heavy atom. The average molecular weight is 539 g/mol. The van der Waals surface area contributed by atoms with E-state index < -0.39 is 0 Å². The van der Waals surface area contributed by atoms with Crippen LogP contribution in [0.5, 0.6) is 0 Å². The molecule has 0 aromatic heterocycles. The van der Waals surface area contributed by atoms with Crippen molar-refractivity contribution in [2.45, 2.75) is 44.7 Å². The summed E-state index contributed by atoms with van der Waals surface area (Å²) in [6.07, 6.45) is 7.55. The Balaban J connectivity index is 1.35. The molecule has 1 heterocycles. The predicted molar refractivity (Wildman–Crippen MR) is 149 cm³/mol. The van der Waals surface area contributed by atoms with Gasteiger partial charge in [0.05, 0.1) is 25.3 Å². The van der Waals surface area contributed by atoms with E-state index >= 15 is 0 Å². The number of ether oxygens (including phenoxy) is 1. The van der Waals surface area contributed by atoms with Crippen LogP contribution in [0.4, 0.5) is 14.9 Å². The van der Waals surface area contributed by atoms with Crippen molar-refractivity contribution in [2.75, 3.05) is 31.6 Å². The number of nitrogens with one attached hydrogen (secondary N) is 3. The molecule has 8 heteroatoms. The Bertz CT molecular complexity index is 1170. The van der Waals surface area contributed by atoms with Crippen LogP contribution < -0.4 is 10.6 Å². The van der Waals surface area contributed by atoms with Gasteiger partial charge < -0.3 is 25.7 Å². The molecule has 5 atom stereocenters. The fourth-order valence-corrected chi connectivity index (χ4v) is 6.54. The summed E-state index contributed by atoms with van der Waals surface area (Å²) in [5.41, 5.74) is 3.26. The van der Waals surface area contributed by atoms with E-state index in [9.17, 15) is 9.18 Å². The number of allylic oxidation sites excluding steroid dienone is 1. The van der Waals surface area contributed by atoms with Gasteiger partial charge in [0, 0.05) is 35.9 Å². The molecule has 2 aromatic rings. The number of hydrogen-bond acceptors (Lipinski definition) is 4. The van der Waals surface area contributed by atoms with Gasteiger partial charge >= 0.3 is 6.03 Å². The first-order valence-corrected chi connectivity index (χ1v) is 13.9. The number of anilines is 1. The quantitative estimate of drug-likeness (QED) is 0.280. The minimum Gasteiger partial charge on any atom is -0.378 e. The first-order chi connectivity index (χ1) is 18.4. The topological polar surface area (TPSA) is 77.5 Å².